The van der Waals surface area contributed by atoms with Crippen molar-refractivity contribution >= 4 is 46.0 Å². The zero-order valence-corrected chi connectivity index (χ0v) is 18.2. The van der Waals surface area contributed by atoms with Gasteiger partial charge in [0, 0.05) is 25.0 Å². The van der Waals surface area contributed by atoms with E-state index in [1.54, 1.807) is 6.20 Å². The summed E-state index contributed by atoms with van der Waals surface area (Å²) in [6.45, 7) is 2.64. The molecule has 0 spiro atoms. The van der Waals surface area contributed by atoms with Crippen LogP contribution < -0.4 is 10.6 Å². The van der Waals surface area contributed by atoms with Crippen LogP contribution in [-0.4, -0.2) is 58.8 Å². The van der Waals surface area contributed by atoms with E-state index in [4.69, 9.17) is 9.47 Å². The first-order valence-electron chi connectivity index (χ1n) is 10.4. The number of carbonyl (C=O) groups excluding carboxylic acids is 2. The maximum atomic E-state index is 12.7. The molecule has 0 saturated carbocycles. The lowest BCUT2D eigenvalue weighted by Gasteiger charge is -2.23. The first kappa shape index (κ1) is 21.0. The summed E-state index contributed by atoms with van der Waals surface area (Å²) in [5.41, 5.74) is 2.27. The third kappa shape index (κ3) is 4.41. The fraction of sp³-hybridized carbons (Fsp3) is 0.571. The number of esters is 1. The normalized spacial score (nSPS) is 19.7. The molecular formula is C21H28N4O4S. The molecule has 2 saturated heterocycles. The van der Waals surface area contributed by atoms with E-state index in [1.165, 1.54) is 14.0 Å². The van der Waals surface area contributed by atoms with Crippen molar-refractivity contribution in [1.29, 1.82) is 0 Å². The summed E-state index contributed by atoms with van der Waals surface area (Å²) >= 11 is 1.98. The standard InChI is InChI=1S/C21H28N4O4S/c1-13(26)23-18-17-10-15(24-14-5-8-30-9-6-14)11-22-20(17)25(19(18)21(27)28-2)12-16-4-3-7-29-16/h10-11,14,16,24H,3-9,12H2,1-2H3,(H,23,26)/t16-/m0/s1. The number of aromatic nitrogens is 2. The Balaban J connectivity index is 1.78. The fourth-order valence-corrected chi connectivity index (χ4v) is 5.27. The summed E-state index contributed by atoms with van der Waals surface area (Å²) in [4.78, 5) is 29.3. The van der Waals surface area contributed by atoms with Gasteiger partial charge in [-0.05, 0) is 43.3 Å². The number of hydrogen-bond acceptors (Lipinski definition) is 7. The zero-order chi connectivity index (χ0) is 21.1. The van der Waals surface area contributed by atoms with E-state index < -0.39 is 5.97 Å². The van der Waals surface area contributed by atoms with Gasteiger partial charge in [-0.1, -0.05) is 0 Å². The molecule has 2 fully saturated rings. The molecule has 4 rings (SSSR count). The van der Waals surface area contributed by atoms with Crippen molar-refractivity contribution in [3.63, 3.8) is 0 Å². The maximum absolute atomic E-state index is 12.7. The van der Waals surface area contributed by atoms with Crippen LogP contribution in [0.3, 0.4) is 0 Å². The van der Waals surface area contributed by atoms with E-state index in [0.717, 1.165) is 54.9 Å². The van der Waals surface area contributed by atoms with Crippen molar-refractivity contribution < 1.29 is 19.1 Å². The predicted molar refractivity (Wildman–Crippen MR) is 118 cm³/mol. The molecule has 1 amide bonds. The monoisotopic (exact) mass is 432 g/mol. The van der Waals surface area contributed by atoms with Gasteiger partial charge in [0.15, 0.2) is 5.69 Å². The van der Waals surface area contributed by atoms with Crippen LogP contribution in [0.15, 0.2) is 12.3 Å². The van der Waals surface area contributed by atoms with Crippen molar-refractivity contribution in [1.82, 2.24) is 9.55 Å². The van der Waals surface area contributed by atoms with E-state index in [-0.39, 0.29) is 12.0 Å². The minimum atomic E-state index is -0.506. The molecule has 0 aromatic carbocycles. The molecule has 0 aliphatic carbocycles. The number of ether oxygens (including phenoxy) is 2. The lowest BCUT2D eigenvalue weighted by molar-refractivity contribution is -0.114. The lowest BCUT2D eigenvalue weighted by atomic mass is 10.1. The number of fused-ring (bicyclic) bond motifs is 1. The van der Waals surface area contributed by atoms with Gasteiger partial charge < -0.3 is 24.7 Å². The van der Waals surface area contributed by atoms with Crippen molar-refractivity contribution in [2.75, 3.05) is 35.9 Å². The summed E-state index contributed by atoms with van der Waals surface area (Å²) in [6.07, 6.45) is 5.94. The molecule has 0 radical (unpaired) electrons. The Morgan fingerprint density at radius 3 is 2.80 bits per heavy atom. The second-order valence-corrected chi connectivity index (χ2v) is 8.99. The van der Waals surface area contributed by atoms with E-state index in [0.29, 0.717) is 29.6 Å². The van der Waals surface area contributed by atoms with Crippen LogP contribution in [0.4, 0.5) is 11.4 Å². The Hall–Kier alpha value is -2.26. The number of amides is 1. The summed E-state index contributed by atoms with van der Waals surface area (Å²) in [5, 5.41) is 7.12. The lowest BCUT2D eigenvalue weighted by Crippen LogP contribution is -2.24. The Morgan fingerprint density at radius 2 is 2.13 bits per heavy atom. The van der Waals surface area contributed by atoms with Crippen LogP contribution in [0.2, 0.25) is 0 Å². The summed E-state index contributed by atoms with van der Waals surface area (Å²) in [5.74, 6) is 1.54. The van der Waals surface area contributed by atoms with Gasteiger partial charge in [-0.2, -0.15) is 11.8 Å². The van der Waals surface area contributed by atoms with Crippen LogP contribution >= 0.6 is 11.8 Å². The first-order chi connectivity index (χ1) is 14.6. The highest BCUT2D eigenvalue weighted by atomic mass is 32.2. The van der Waals surface area contributed by atoms with Gasteiger partial charge in [-0.3, -0.25) is 4.79 Å². The SMILES string of the molecule is COC(=O)c1c(NC(C)=O)c2cc(NC3CCSCC3)cnc2n1C[C@@H]1CCCO1. The number of pyridine rings is 1. The van der Waals surface area contributed by atoms with Crippen LogP contribution in [0.25, 0.3) is 11.0 Å². The molecular weight excluding hydrogens is 404 g/mol. The molecule has 0 unspecified atom stereocenters. The molecule has 1 atom stereocenters. The molecule has 2 aromatic heterocycles. The quantitative estimate of drug-likeness (QED) is 0.677. The van der Waals surface area contributed by atoms with Crippen LogP contribution in [-0.2, 0) is 20.8 Å². The summed E-state index contributed by atoms with van der Waals surface area (Å²) < 4.78 is 12.7. The summed E-state index contributed by atoms with van der Waals surface area (Å²) in [7, 11) is 1.34. The van der Waals surface area contributed by atoms with Crippen molar-refractivity contribution in [2.24, 2.45) is 0 Å². The van der Waals surface area contributed by atoms with Crippen molar-refractivity contribution in [2.45, 2.75) is 51.3 Å². The molecule has 2 N–H and O–H groups in total. The van der Waals surface area contributed by atoms with Crippen molar-refractivity contribution in [3.8, 4) is 0 Å². The van der Waals surface area contributed by atoms with E-state index >= 15 is 0 Å². The number of methoxy groups -OCH3 is 1. The summed E-state index contributed by atoms with van der Waals surface area (Å²) in [6, 6.07) is 2.37. The maximum Gasteiger partial charge on any atom is 0.356 e. The van der Waals surface area contributed by atoms with Gasteiger partial charge in [0.1, 0.15) is 5.65 Å². The second kappa shape index (κ2) is 9.26. The van der Waals surface area contributed by atoms with E-state index in [9.17, 15) is 9.59 Å². The van der Waals surface area contributed by atoms with Crippen LogP contribution in [0.1, 0.15) is 43.1 Å². The number of anilines is 2. The minimum absolute atomic E-state index is 0.00789. The number of nitrogens with one attached hydrogen (secondary N) is 2. The van der Waals surface area contributed by atoms with Crippen LogP contribution in [0.5, 0.6) is 0 Å². The van der Waals surface area contributed by atoms with Gasteiger partial charge >= 0.3 is 5.97 Å². The Morgan fingerprint density at radius 1 is 1.33 bits per heavy atom. The fourth-order valence-electron chi connectivity index (χ4n) is 4.16. The zero-order valence-electron chi connectivity index (χ0n) is 17.4. The number of thioether (sulfide) groups is 1. The molecule has 30 heavy (non-hydrogen) atoms. The average Bonchev–Trinajstić information content (AvgIpc) is 3.35. The number of hydrogen-bond donors (Lipinski definition) is 2. The minimum Gasteiger partial charge on any atom is -0.464 e. The van der Waals surface area contributed by atoms with Gasteiger partial charge in [0.25, 0.3) is 0 Å². The Kier molecular flexibility index (Phi) is 6.48. The average molecular weight is 433 g/mol. The predicted octanol–water partition coefficient (Wildman–Crippen LogP) is 3.27. The molecule has 2 aromatic rings. The van der Waals surface area contributed by atoms with Gasteiger partial charge in [-0.15, -0.1) is 0 Å². The molecule has 8 nitrogen and oxygen atoms in total. The highest BCUT2D eigenvalue weighted by Gasteiger charge is 2.28. The van der Waals surface area contributed by atoms with Gasteiger partial charge in [-0.25, -0.2) is 9.78 Å². The molecule has 0 bridgehead atoms. The third-order valence-electron chi connectivity index (χ3n) is 5.58. The molecule has 162 valence electrons. The highest BCUT2D eigenvalue weighted by molar-refractivity contribution is 7.99. The van der Waals surface area contributed by atoms with Gasteiger partial charge in [0.2, 0.25) is 5.91 Å². The van der Waals surface area contributed by atoms with E-state index in [2.05, 4.69) is 15.6 Å². The third-order valence-corrected chi connectivity index (χ3v) is 6.63. The largest absolute Gasteiger partial charge is 0.464 e. The smallest absolute Gasteiger partial charge is 0.356 e. The molecule has 9 heteroatoms. The Bertz CT molecular complexity index is 933. The molecule has 2 aliphatic heterocycles. The molecule has 4 heterocycles. The second-order valence-electron chi connectivity index (χ2n) is 7.77. The number of rotatable bonds is 6. The first-order valence-corrected chi connectivity index (χ1v) is 11.6. The highest BCUT2D eigenvalue weighted by Crippen LogP contribution is 2.34. The van der Waals surface area contributed by atoms with E-state index in [1.807, 2.05) is 22.4 Å². The Labute approximate surface area is 180 Å². The topological polar surface area (TPSA) is 94.5 Å². The van der Waals surface area contributed by atoms with Crippen molar-refractivity contribution in [3.05, 3.63) is 18.0 Å². The van der Waals surface area contributed by atoms with Gasteiger partial charge in [0.05, 0.1) is 37.3 Å². The van der Waals surface area contributed by atoms with Crippen LogP contribution in [0, 0.1) is 0 Å². The molecule has 2 aliphatic rings. The number of carbonyl (C=O) groups is 2. The number of nitrogens with zero attached hydrogens (tertiary/aromatic N) is 2.